The van der Waals surface area contributed by atoms with Crippen LogP contribution in [0, 0.1) is 0 Å². The van der Waals surface area contributed by atoms with Gasteiger partial charge in [0.05, 0.1) is 0 Å². The van der Waals surface area contributed by atoms with Crippen molar-refractivity contribution < 1.29 is 14.7 Å². The van der Waals surface area contributed by atoms with Crippen molar-refractivity contribution in [2.24, 2.45) is 0 Å². The van der Waals surface area contributed by atoms with E-state index in [9.17, 15) is 14.7 Å². The summed E-state index contributed by atoms with van der Waals surface area (Å²) in [6.45, 7) is 2.01. The van der Waals surface area contributed by atoms with Gasteiger partial charge in [0.1, 0.15) is 11.2 Å². The third-order valence-electron chi connectivity index (χ3n) is 3.54. The summed E-state index contributed by atoms with van der Waals surface area (Å²) in [5.74, 6) is -1.37. The zero-order chi connectivity index (χ0) is 14.0. The molecular formula is C13H15ClN2O3. The highest BCUT2D eigenvalue weighted by molar-refractivity contribution is 6.30. The highest BCUT2D eigenvalue weighted by Gasteiger charge is 2.44. The Kier molecular flexibility index (Phi) is 3.75. The van der Waals surface area contributed by atoms with Crippen LogP contribution in [0.25, 0.3) is 0 Å². The maximum Gasteiger partial charge on any atom is 0.329 e. The van der Waals surface area contributed by atoms with E-state index >= 15 is 0 Å². The van der Waals surface area contributed by atoms with Gasteiger partial charge in [-0.15, -0.1) is 0 Å². The minimum Gasteiger partial charge on any atom is -0.480 e. The molecule has 2 rings (SSSR count). The van der Waals surface area contributed by atoms with Crippen molar-refractivity contribution in [3.05, 3.63) is 29.0 Å². The summed E-state index contributed by atoms with van der Waals surface area (Å²) in [5.41, 5.74) is -0.985. The van der Waals surface area contributed by atoms with Crippen molar-refractivity contribution in [1.29, 1.82) is 0 Å². The van der Waals surface area contributed by atoms with Gasteiger partial charge < -0.3 is 10.0 Å². The molecule has 2 heterocycles. The Morgan fingerprint density at radius 3 is 2.84 bits per heavy atom. The van der Waals surface area contributed by atoms with Crippen molar-refractivity contribution in [3.63, 3.8) is 0 Å². The van der Waals surface area contributed by atoms with E-state index in [4.69, 9.17) is 11.6 Å². The average molecular weight is 283 g/mol. The predicted octanol–water partition coefficient (Wildman–Crippen LogP) is 2.20. The molecule has 0 aromatic carbocycles. The molecule has 5 nitrogen and oxygen atoms in total. The van der Waals surface area contributed by atoms with E-state index in [0.29, 0.717) is 18.0 Å². The van der Waals surface area contributed by atoms with Crippen molar-refractivity contribution >= 4 is 23.5 Å². The van der Waals surface area contributed by atoms with Crippen LogP contribution < -0.4 is 0 Å². The Hall–Kier alpha value is -1.62. The molecule has 1 N–H and O–H groups in total. The first-order valence-electron chi connectivity index (χ1n) is 6.12. The van der Waals surface area contributed by atoms with Crippen molar-refractivity contribution in [1.82, 2.24) is 9.88 Å². The molecular weight excluding hydrogens is 268 g/mol. The smallest absolute Gasteiger partial charge is 0.329 e. The number of pyridine rings is 1. The molecule has 1 aromatic heterocycles. The second-order valence-electron chi connectivity index (χ2n) is 4.85. The van der Waals surface area contributed by atoms with Gasteiger partial charge in [-0.05, 0) is 38.3 Å². The molecule has 1 aliphatic rings. The van der Waals surface area contributed by atoms with Crippen LogP contribution in [0.15, 0.2) is 18.3 Å². The highest BCUT2D eigenvalue weighted by Crippen LogP contribution is 2.29. The SMILES string of the molecule is CC1(C(=O)O)CCCCN1C(=O)c1cc(Cl)ccn1. The van der Waals surface area contributed by atoms with E-state index in [-0.39, 0.29) is 11.6 Å². The largest absolute Gasteiger partial charge is 0.480 e. The van der Waals surface area contributed by atoms with Crippen molar-refractivity contribution in [2.75, 3.05) is 6.54 Å². The number of aromatic nitrogens is 1. The summed E-state index contributed by atoms with van der Waals surface area (Å²) in [7, 11) is 0. The second kappa shape index (κ2) is 5.17. The molecule has 1 aromatic rings. The monoisotopic (exact) mass is 282 g/mol. The van der Waals surface area contributed by atoms with Gasteiger partial charge in [0.2, 0.25) is 0 Å². The maximum absolute atomic E-state index is 12.4. The number of piperidine rings is 1. The van der Waals surface area contributed by atoms with Gasteiger partial charge in [0.15, 0.2) is 0 Å². The Bertz CT molecular complexity index is 520. The lowest BCUT2D eigenvalue weighted by atomic mass is 9.88. The van der Waals surface area contributed by atoms with Gasteiger partial charge in [0.25, 0.3) is 5.91 Å². The maximum atomic E-state index is 12.4. The molecule has 1 atom stereocenters. The summed E-state index contributed by atoms with van der Waals surface area (Å²) in [4.78, 5) is 29.2. The van der Waals surface area contributed by atoms with Crippen LogP contribution >= 0.6 is 11.6 Å². The summed E-state index contributed by atoms with van der Waals surface area (Å²) in [6.07, 6.45) is 3.50. The van der Waals surface area contributed by atoms with E-state index in [0.717, 1.165) is 12.8 Å². The van der Waals surface area contributed by atoms with E-state index in [1.165, 1.54) is 17.2 Å². The zero-order valence-electron chi connectivity index (χ0n) is 10.6. The number of amides is 1. The Balaban J connectivity index is 2.33. The van der Waals surface area contributed by atoms with Crippen LogP contribution in [-0.4, -0.2) is 39.0 Å². The first-order valence-corrected chi connectivity index (χ1v) is 6.50. The number of rotatable bonds is 2. The lowest BCUT2D eigenvalue weighted by Crippen LogP contribution is -2.57. The predicted molar refractivity (Wildman–Crippen MR) is 70.2 cm³/mol. The fourth-order valence-electron chi connectivity index (χ4n) is 2.33. The van der Waals surface area contributed by atoms with E-state index in [1.54, 1.807) is 13.0 Å². The van der Waals surface area contributed by atoms with Gasteiger partial charge in [-0.25, -0.2) is 4.79 Å². The molecule has 0 radical (unpaired) electrons. The number of carboxylic acids is 1. The number of likely N-dealkylation sites (tertiary alicyclic amines) is 1. The molecule has 1 saturated heterocycles. The van der Waals surface area contributed by atoms with Gasteiger partial charge in [-0.2, -0.15) is 0 Å². The topological polar surface area (TPSA) is 70.5 Å². The number of nitrogens with zero attached hydrogens (tertiary/aromatic N) is 2. The van der Waals surface area contributed by atoms with Crippen LogP contribution in [-0.2, 0) is 4.79 Å². The van der Waals surface area contributed by atoms with Crippen LogP contribution in [0.1, 0.15) is 36.7 Å². The quantitative estimate of drug-likeness (QED) is 0.903. The van der Waals surface area contributed by atoms with Gasteiger partial charge in [-0.3, -0.25) is 9.78 Å². The van der Waals surface area contributed by atoms with E-state index in [1.807, 2.05) is 0 Å². The molecule has 1 amide bonds. The number of hydrogen-bond donors (Lipinski definition) is 1. The lowest BCUT2D eigenvalue weighted by Gasteiger charge is -2.41. The molecule has 1 fully saturated rings. The summed E-state index contributed by atoms with van der Waals surface area (Å²) < 4.78 is 0. The molecule has 1 aliphatic heterocycles. The van der Waals surface area contributed by atoms with E-state index in [2.05, 4.69) is 4.98 Å². The summed E-state index contributed by atoms with van der Waals surface area (Å²) >= 11 is 5.83. The van der Waals surface area contributed by atoms with Crippen LogP contribution in [0.5, 0.6) is 0 Å². The zero-order valence-corrected chi connectivity index (χ0v) is 11.4. The number of aliphatic carboxylic acids is 1. The first kappa shape index (κ1) is 13.8. The molecule has 0 saturated carbocycles. The summed E-state index contributed by atoms with van der Waals surface area (Å²) in [5, 5.41) is 9.79. The van der Waals surface area contributed by atoms with Crippen LogP contribution in [0.2, 0.25) is 5.02 Å². The van der Waals surface area contributed by atoms with Gasteiger partial charge in [0, 0.05) is 17.8 Å². The Morgan fingerprint density at radius 2 is 2.21 bits per heavy atom. The average Bonchev–Trinajstić information content (AvgIpc) is 2.38. The normalized spacial score (nSPS) is 23.2. The third kappa shape index (κ3) is 2.56. The Morgan fingerprint density at radius 1 is 1.47 bits per heavy atom. The Labute approximate surface area is 116 Å². The minimum atomic E-state index is -1.17. The molecule has 102 valence electrons. The van der Waals surface area contributed by atoms with Crippen molar-refractivity contribution in [2.45, 2.75) is 31.7 Å². The number of hydrogen-bond acceptors (Lipinski definition) is 3. The molecule has 1 unspecified atom stereocenters. The number of carbonyl (C=O) groups excluding carboxylic acids is 1. The van der Waals surface area contributed by atoms with Gasteiger partial charge in [-0.1, -0.05) is 11.6 Å². The lowest BCUT2D eigenvalue weighted by molar-refractivity contribution is -0.150. The van der Waals surface area contributed by atoms with Gasteiger partial charge >= 0.3 is 5.97 Å². The number of carboxylic acid groups (broad SMARTS) is 1. The fraction of sp³-hybridized carbons (Fsp3) is 0.462. The van der Waals surface area contributed by atoms with Crippen LogP contribution in [0.3, 0.4) is 0 Å². The molecule has 0 spiro atoms. The fourth-order valence-corrected chi connectivity index (χ4v) is 2.49. The molecule has 19 heavy (non-hydrogen) atoms. The number of carbonyl (C=O) groups is 2. The second-order valence-corrected chi connectivity index (χ2v) is 5.29. The minimum absolute atomic E-state index is 0.182. The van der Waals surface area contributed by atoms with Crippen molar-refractivity contribution in [3.8, 4) is 0 Å². The first-order chi connectivity index (χ1) is 8.95. The highest BCUT2D eigenvalue weighted by atomic mass is 35.5. The third-order valence-corrected chi connectivity index (χ3v) is 3.77. The molecule has 0 aliphatic carbocycles. The van der Waals surface area contributed by atoms with Crippen LogP contribution in [0.4, 0.5) is 0 Å². The van der Waals surface area contributed by atoms with E-state index < -0.39 is 11.5 Å². The molecule has 6 heteroatoms. The summed E-state index contributed by atoms with van der Waals surface area (Å²) in [6, 6.07) is 3.03. The standard InChI is InChI=1S/C13H15ClN2O3/c1-13(12(18)19)5-2-3-7-16(13)11(17)10-8-9(14)4-6-15-10/h4,6,8H,2-3,5,7H2,1H3,(H,18,19). The number of halogens is 1. The molecule has 0 bridgehead atoms.